The number of benzene rings is 2. The van der Waals surface area contributed by atoms with Gasteiger partial charge in [-0.05, 0) is 41.7 Å². The normalized spacial score (nSPS) is 11.3. The van der Waals surface area contributed by atoms with Crippen LogP contribution in [0.1, 0.15) is 12.0 Å². The van der Waals surface area contributed by atoms with E-state index in [2.05, 4.69) is 11.3 Å². The Bertz CT molecular complexity index is 645. The molecular weight excluding hydrogens is 296 g/mol. The van der Waals surface area contributed by atoms with Gasteiger partial charge in [0.25, 0.3) is 0 Å². The maximum Gasteiger partial charge on any atom is 0.573 e. The molecule has 2 rings (SSSR count). The van der Waals surface area contributed by atoms with Gasteiger partial charge in [-0.15, -0.1) is 19.8 Å². The quantitative estimate of drug-likeness (QED) is 0.522. The van der Waals surface area contributed by atoms with Crippen molar-refractivity contribution in [2.75, 3.05) is 0 Å². The minimum absolute atomic E-state index is 0.488. The number of halogens is 4. The lowest BCUT2D eigenvalue weighted by Crippen LogP contribution is -2.17. The zero-order valence-corrected chi connectivity index (χ0v) is 11.7. The van der Waals surface area contributed by atoms with Gasteiger partial charge in [-0.25, -0.2) is 4.39 Å². The highest BCUT2D eigenvalue weighted by Gasteiger charge is 2.32. The van der Waals surface area contributed by atoms with E-state index in [0.717, 1.165) is 36.1 Å². The van der Waals surface area contributed by atoms with Crippen LogP contribution in [0.4, 0.5) is 17.6 Å². The van der Waals surface area contributed by atoms with Crippen LogP contribution >= 0.6 is 0 Å². The number of aryl methyl sites for hydroxylation is 1. The van der Waals surface area contributed by atoms with Crippen molar-refractivity contribution in [3.8, 4) is 16.9 Å². The highest BCUT2D eigenvalue weighted by molar-refractivity contribution is 5.64. The predicted molar refractivity (Wildman–Crippen MR) is 77.0 cm³/mol. The van der Waals surface area contributed by atoms with Crippen LogP contribution in [-0.4, -0.2) is 6.36 Å². The van der Waals surface area contributed by atoms with Crippen LogP contribution in [0, 0.1) is 5.82 Å². The zero-order chi connectivity index (χ0) is 16.2. The van der Waals surface area contributed by atoms with E-state index in [-0.39, 0.29) is 0 Å². The Morgan fingerprint density at radius 3 is 2.18 bits per heavy atom. The highest BCUT2D eigenvalue weighted by Crippen LogP contribution is 2.29. The smallest absolute Gasteiger partial charge is 0.403 e. The molecule has 0 aliphatic carbocycles. The van der Waals surface area contributed by atoms with Gasteiger partial charge < -0.3 is 4.74 Å². The monoisotopic (exact) mass is 310 g/mol. The van der Waals surface area contributed by atoms with Crippen LogP contribution in [0.5, 0.6) is 5.75 Å². The van der Waals surface area contributed by atoms with Gasteiger partial charge >= 0.3 is 6.36 Å². The van der Waals surface area contributed by atoms with Gasteiger partial charge in [0, 0.05) is 0 Å². The lowest BCUT2D eigenvalue weighted by molar-refractivity contribution is -0.275. The highest BCUT2D eigenvalue weighted by atomic mass is 19.4. The molecule has 116 valence electrons. The third kappa shape index (κ3) is 4.35. The Morgan fingerprint density at radius 1 is 1.00 bits per heavy atom. The molecular formula is C17H14F4O. The number of rotatable bonds is 5. The van der Waals surface area contributed by atoms with E-state index in [1.165, 1.54) is 6.07 Å². The first-order chi connectivity index (χ1) is 10.4. The fourth-order valence-electron chi connectivity index (χ4n) is 2.02. The molecule has 2 aromatic carbocycles. The first-order valence-electron chi connectivity index (χ1n) is 6.64. The molecule has 5 heteroatoms. The SMILES string of the molecule is C=CCCc1ccc(-c2ccc(OC(F)(F)F)c(F)c2)cc1. The molecule has 0 N–H and O–H groups in total. The van der Waals surface area contributed by atoms with Crippen molar-refractivity contribution in [3.05, 3.63) is 66.5 Å². The van der Waals surface area contributed by atoms with Crippen molar-refractivity contribution in [2.45, 2.75) is 19.2 Å². The number of ether oxygens (including phenoxy) is 1. The third-order valence-corrected chi connectivity index (χ3v) is 3.08. The largest absolute Gasteiger partial charge is 0.573 e. The van der Waals surface area contributed by atoms with Gasteiger partial charge in [-0.1, -0.05) is 36.4 Å². The van der Waals surface area contributed by atoms with Gasteiger partial charge in [-0.2, -0.15) is 0 Å². The number of hydrogen-bond acceptors (Lipinski definition) is 1. The molecule has 0 aromatic heterocycles. The molecule has 0 atom stereocenters. The van der Waals surface area contributed by atoms with E-state index in [0.29, 0.717) is 5.56 Å². The topological polar surface area (TPSA) is 9.23 Å². The lowest BCUT2D eigenvalue weighted by Gasteiger charge is -2.11. The molecule has 0 fully saturated rings. The molecule has 2 aromatic rings. The van der Waals surface area contributed by atoms with E-state index in [1.54, 1.807) is 12.1 Å². The summed E-state index contributed by atoms with van der Waals surface area (Å²) in [5.41, 5.74) is 2.32. The summed E-state index contributed by atoms with van der Waals surface area (Å²) in [5, 5.41) is 0. The van der Waals surface area contributed by atoms with Gasteiger partial charge in [0.05, 0.1) is 0 Å². The summed E-state index contributed by atoms with van der Waals surface area (Å²) >= 11 is 0. The van der Waals surface area contributed by atoms with Gasteiger partial charge in [0.15, 0.2) is 11.6 Å². The Morgan fingerprint density at radius 2 is 1.64 bits per heavy atom. The van der Waals surface area contributed by atoms with Crippen molar-refractivity contribution in [2.24, 2.45) is 0 Å². The molecule has 0 amide bonds. The van der Waals surface area contributed by atoms with Crippen molar-refractivity contribution >= 4 is 0 Å². The Kier molecular flexibility index (Phi) is 4.85. The van der Waals surface area contributed by atoms with E-state index < -0.39 is 17.9 Å². The van der Waals surface area contributed by atoms with Gasteiger partial charge in [0.1, 0.15) is 0 Å². The molecule has 0 heterocycles. The van der Waals surface area contributed by atoms with Crippen LogP contribution in [0.3, 0.4) is 0 Å². The summed E-state index contributed by atoms with van der Waals surface area (Å²) in [6.45, 7) is 3.65. The van der Waals surface area contributed by atoms with Crippen LogP contribution in [0.2, 0.25) is 0 Å². The van der Waals surface area contributed by atoms with Crippen LogP contribution in [0.25, 0.3) is 11.1 Å². The molecule has 0 saturated carbocycles. The minimum atomic E-state index is -4.91. The fourth-order valence-corrected chi connectivity index (χ4v) is 2.02. The molecule has 0 bridgehead atoms. The molecule has 0 saturated heterocycles. The molecule has 0 radical (unpaired) electrons. The summed E-state index contributed by atoms with van der Waals surface area (Å²) in [6, 6.07) is 10.8. The van der Waals surface area contributed by atoms with Crippen LogP contribution < -0.4 is 4.74 Å². The Balaban J connectivity index is 2.19. The fraction of sp³-hybridized carbons (Fsp3) is 0.176. The zero-order valence-electron chi connectivity index (χ0n) is 11.7. The van der Waals surface area contributed by atoms with E-state index in [1.807, 2.05) is 18.2 Å². The van der Waals surface area contributed by atoms with E-state index >= 15 is 0 Å². The van der Waals surface area contributed by atoms with E-state index in [4.69, 9.17) is 0 Å². The summed E-state index contributed by atoms with van der Waals surface area (Å²) in [4.78, 5) is 0. The van der Waals surface area contributed by atoms with Gasteiger partial charge in [0.2, 0.25) is 0 Å². The Hall–Kier alpha value is -2.30. The third-order valence-electron chi connectivity index (χ3n) is 3.08. The van der Waals surface area contributed by atoms with Crippen molar-refractivity contribution in [1.82, 2.24) is 0 Å². The summed E-state index contributed by atoms with van der Waals surface area (Å²) in [7, 11) is 0. The average molecular weight is 310 g/mol. The van der Waals surface area contributed by atoms with E-state index in [9.17, 15) is 17.6 Å². The standard InChI is InChI=1S/C17H14F4O/c1-2-3-4-12-5-7-13(8-6-12)14-9-10-16(15(18)11-14)22-17(19,20)21/h2,5-11H,1,3-4H2. The first kappa shape index (κ1) is 16.1. The number of hydrogen-bond donors (Lipinski definition) is 0. The maximum absolute atomic E-state index is 13.7. The first-order valence-corrected chi connectivity index (χ1v) is 6.64. The van der Waals surface area contributed by atoms with Crippen LogP contribution in [0.15, 0.2) is 55.1 Å². The summed E-state index contributed by atoms with van der Waals surface area (Å²) < 4.78 is 53.6. The van der Waals surface area contributed by atoms with Crippen molar-refractivity contribution in [3.63, 3.8) is 0 Å². The predicted octanol–water partition coefficient (Wildman–Crippen LogP) is 5.51. The van der Waals surface area contributed by atoms with Crippen molar-refractivity contribution < 1.29 is 22.3 Å². The number of allylic oxidation sites excluding steroid dienone is 1. The second kappa shape index (κ2) is 6.64. The molecule has 0 aliphatic rings. The molecule has 0 spiro atoms. The minimum Gasteiger partial charge on any atom is -0.403 e. The molecule has 1 nitrogen and oxygen atoms in total. The Labute approximate surface area is 125 Å². The number of alkyl halides is 3. The van der Waals surface area contributed by atoms with Gasteiger partial charge in [-0.3, -0.25) is 0 Å². The lowest BCUT2D eigenvalue weighted by atomic mass is 10.0. The molecule has 0 aliphatic heterocycles. The van der Waals surface area contributed by atoms with Crippen molar-refractivity contribution in [1.29, 1.82) is 0 Å². The second-order valence-electron chi connectivity index (χ2n) is 4.72. The second-order valence-corrected chi connectivity index (χ2v) is 4.72. The van der Waals surface area contributed by atoms with Crippen LogP contribution in [-0.2, 0) is 6.42 Å². The maximum atomic E-state index is 13.7. The summed E-state index contributed by atoms with van der Waals surface area (Å²) in [5.74, 6) is -1.88. The average Bonchev–Trinajstić information content (AvgIpc) is 2.46. The molecule has 22 heavy (non-hydrogen) atoms. The summed E-state index contributed by atoms with van der Waals surface area (Å²) in [6.07, 6.45) is -1.37. The molecule has 0 unspecified atom stereocenters.